The van der Waals surface area contributed by atoms with E-state index in [4.69, 9.17) is 0 Å². The average Bonchev–Trinajstić information content (AvgIpc) is 3.44. The molecule has 1 saturated carbocycles. The van der Waals surface area contributed by atoms with Crippen molar-refractivity contribution in [1.29, 1.82) is 0 Å². The Kier molecular flexibility index (Phi) is 6.50. The smallest absolute Gasteiger partial charge is 0.253 e. The fraction of sp³-hybridized carbons (Fsp3) is 0.375. The van der Waals surface area contributed by atoms with Crippen LogP contribution >= 0.6 is 0 Å². The Balaban J connectivity index is 1.39. The largest absolute Gasteiger partial charge is 0.374 e. The molecule has 1 heterocycles. The molecule has 2 aromatic carbocycles. The van der Waals surface area contributed by atoms with Gasteiger partial charge >= 0.3 is 0 Å². The van der Waals surface area contributed by atoms with Crippen molar-refractivity contribution < 1.29 is 14.4 Å². The minimum absolute atomic E-state index is 0.0254. The van der Waals surface area contributed by atoms with E-state index in [0.29, 0.717) is 24.2 Å². The molecule has 0 unspecified atom stereocenters. The van der Waals surface area contributed by atoms with Crippen LogP contribution in [0.1, 0.15) is 48.9 Å². The molecular formula is C24H28N4O3. The number of para-hydroxylation sites is 3. The minimum atomic E-state index is -0.260. The highest BCUT2D eigenvalue weighted by molar-refractivity contribution is 6.05. The van der Waals surface area contributed by atoms with Crippen LogP contribution < -0.4 is 20.9 Å². The Labute approximate surface area is 182 Å². The average molecular weight is 421 g/mol. The second-order valence-electron chi connectivity index (χ2n) is 8.07. The number of hydrogen-bond acceptors (Lipinski definition) is 4. The van der Waals surface area contributed by atoms with Crippen LogP contribution in [-0.4, -0.2) is 36.9 Å². The summed E-state index contributed by atoms with van der Waals surface area (Å²) in [6.07, 6.45) is 5.67. The summed E-state index contributed by atoms with van der Waals surface area (Å²) in [5, 5.41) is 9.04. The summed E-state index contributed by atoms with van der Waals surface area (Å²) in [4.78, 5) is 39.2. The first-order valence-electron chi connectivity index (χ1n) is 10.9. The number of hydrogen-bond donors (Lipinski definition) is 3. The highest BCUT2D eigenvalue weighted by Crippen LogP contribution is 2.29. The molecule has 7 heteroatoms. The molecule has 3 N–H and O–H groups in total. The molecule has 31 heavy (non-hydrogen) atoms. The van der Waals surface area contributed by atoms with E-state index < -0.39 is 0 Å². The first kappa shape index (κ1) is 20.9. The molecule has 0 atom stereocenters. The van der Waals surface area contributed by atoms with Gasteiger partial charge in [-0.1, -0.05) is 37.1 Å². The van der Waals surface area contributed by atoms with Crippen LogP contribution in [0.5, 0.6) is 0 Å². The molecule has 2 aliphatic rings. The maximum Gasteiger partial charge on any atom is 0.253 e. The maximum absolute atomic E-state index is 12.7. The summed E-state index contributed by atoms with van der Waals surface area (Å²) in [6.45, 7) is 0.713. The maximum atomic E-state index is 12.7. The highest BCUT2D eigenvalue weighted by atomic mass is 16.2. The van der Waals surface area contributed by atoms with Gasteiger partial charge < -0.3 is 20.9 Å². The van der Waals surface area contributed by atoms with Crippen molar-refractivity contribution in [3.63, 3.8) is 0 Å². The van der Waals surface area contributed by atoms with Gasteiger partial charge in [-0.3, -0.25) is 14.4 Å². The third-order valence-corrected chi connectivity index (χ3v) is 5.84. The van der Waals surface area contributed by atoms with E-state index in [0.717, 1.165) is 43.5 Å². The van der Waals surface area contributed by atoms with Crippen LogP contribution in [0.3, 0.4) is 0 Å². The van der Waals surface area contributed by atoms with Crippen molar-refractivity contribution in [2.24, 2.45) is 0 Å². The van der Waals surface area contributed by atoms with E-state index in [1.165, 1.54) is 0 Å². The molecule has 162 valence electrons. The summed E-state index contributed by atoms with van der Waals surface area (Å²) in [5.74, 6) is -0.321. The van der Waals surface area contributed by atoms with Gasteiger partial charge in [-0.05, 0) is 43.5 Å². The molecule has 1 saturated heterocycles. The van der Waals surface area contributed by atoms with Crippen molar-refractivity contribution in [1.82, 2.24) is 5.32 Å². The lowest BCUT2D eigenvalue weighted by molar-refractivity contribution is -0.117. The van der Waals surface area contributed by atoms with Crippen LogP contribution in [0.2, 0.25) is 0 Å². The molecular weight excluding hydrogens is 392 g/mol. The van der Waals surface area contributed by atoms with E-state index in [2.05, 4.69) is 16.0 Å². The van der Waals surface area contributed by atoms with Crippen LogP contribution in [0.4, 0.5) is 17.1 Å². The van der Waals surface area contributed by atoms with Gasteiger partial charge in [0.2, 0.25) is 11.8 Å². The fourth-order valence-corrected chi connectivity index (χ4v) is 4.25. The Morgan fingerprint density at radius 3 is 2.39 bits per heavy atom. The number of anilines is 3. The zero-order chi connectivity index (χ0) is 21.6. The quantitative estimate of drug-likeness (QED) is 0.639. The molecule has 0 radical (unpaired) electrons. The Morgan fingerprint density at radius 2 is 1.65 bits per heavy atom. The van der Waals surface area contributed by atoms with Crippen LogP contribution in [-0.2, 0) is 9.59 Å². The summed E-state index contributed by atoms with van der Waals surface area (Å²) in [7, 11) is 0. The summed E-state index contributed by atoms with van der Waals surface area (Å²) < 4.78 is 0. The van der Waals surface area contributed by atoms with Gasteiger partial charge in [0.15, 0.2) is 0 Å². The van der Waals surface area contributed by atoms with Gasteiger partial charge in [-0.25, -0.2) is 0 Å². The number of amides is 3. The van der Waals surface area contributed by atoms with Gasteiger partial charge in [-0.2, -0.15) is 0 Å². The van der Waals surface area contributed by atoms with E-state index in [1.54, 1.807) is 29.2 Å². The van der Waals surface area contributed by atoms with Gasteiger partial charge in [0, 0.05) is 19.0 Å². The monoisotopic (exact) mass is 420 g/mol. The van der Waals surface area contributed by atoms with E-state index in [9.17, 15) is 14.4 Å². The summed E-state index contributed by atoms with van der Waals surface area (Å²) >= 11 is 0. The van der Waals surface area contributed by atoms with Gasteiger partial charge in [0.05, 0.1) is 29.2 Å². The Bertz CT molecular complexity index is 969. The SMILES string of the molecule is O=C(CNc1ccccc1N1CCCC1=O)Nc1ccccc1C(=O)NC1CCCC1. The van der Waals surface area contributed by atoms with E-state index in [1.807, 2.05) is 24.3 Å². The number of carbonyl (C=O) groups excluding carboxylic acids is 3. The van der Waals surface area contributed by atoms with Gasteiger partial charge in [0.1, 0.15) is 0 Å². The van der Waals surface area contributed by atoms with Crippen molar-refractivity contribution >= 4 is 34.8 Å². The highest BCUT2D eigenvalue weighted by Gasteiger charge is 2.24. The lowest BCUT2D eigenvalue weighted by Gasteiger charge is -2.20. The lowest BCUT2D eigenvalue weighted by Crippen LogP contribution is -2.33. The zero-order valence-corrected chi connectivity index (χ0v) is 17.5. The number of carbonyl (C=O) groups is 3. The molecule has 1 aliphatic carbocycles. The molecule has 1 aliphatic heterocycles. The van der Waals surface area contributed by atoms with E-state index >= 15 is 0 Å². The number of nitrogens with one attached hydrogen (secondary N) is 3. The Morgan fingerprint density at radius 1 is 0.935 bits per heavy atom. The number of nitrogens with zero attached hydrogens (tertiary/aromatic N) is 1. The van der Waals surface area contributed by atoms with Crippen molar-refractivity contribution in [2.45, 2.75) is 44.6 Å². The van der Waals surface area contributed by atoms with Crippen molar-refractivity contribution in [3.05, 3.63) is 54.1 Å². The van der Waals surface area contributed by atoms with E-state index in [-0.39, 0.29) is 30.3 Å². The predicted octanol–water partition coefficient (Wildman–Crippen LogP) is 3.54. The van der Waals surface area contributed by atoms with Crippen LogP contribution in [0.25, 0.3) is 0 Å². The molecule has 0 bridgehead atoms. The first-order chi connectivity index (χ1) is 15.1. The minimum Gasteiger partial charge on any atom is -0.374 e. The number of rotatable bonds is 7. The lowest BCUT2D eigenvalue weighted by atomic mass is 10.1. The second kappa shape index (κ2) is 9.64. The van der Waals surface area contributed by atoms with Crippen LogP contribution in [0, 0.1) is 0 Å². The molecule has 0 aromatic heterocycles. The Hall–Kier alpha value is -3.35. The van der Waals surface area contributed by atoms with Crippen LogP contribution in [0.15, 0.2) is 48.5 Å². The van der Waals surface area contributed by atoms with Crippen molar-refractivity contribution in [3.8, 4) is 0 Å². The molecule has 3 amide bonds. The summed E-state index contributed by atoms with van der Waals surface area (Å²) in [6, 6.07) is 14.7. The predicted molar refractivity (Wildman–Crippen MR) is 121 cm³/mol. The molecule has 7 nitrogen and oxygen atoms in total. The summed E-state index contributed by atoms with van der Waals surface area (Å²) in [5.41, 5.74) is 2.48. The fourth-order valence-electron chi connectivity index (χ4n) is 4.25. The number of benzene rings is 2. The molecule has 0 spiro atoms. The van der Waals surface area contributed by atoms with Crippen molar-refractivity contribution in [2.75, 3.05) is 28.6 Å². The molecule has 2 fully saturated rings. The third-order valence-electron chi connectivity index (χ3n) is 5.84. The molecule has 2 aromatic rings. The zero-order valence-electron chi connectivity index (χ0n) is 17.5. The third kappa shape index (κ3) is 5.05. The van der Waals surface area contributed by atoms with Gasteiger partial charge in [-0.15, -0.1) is 0 Å². The second-order valence-corrected chi connectivity index (χ2v) is 8.07. The van der Waals surface area contributed by atoms with Gasteiger partial charge in [0.25, 0.3) is 5.91 Å². The normalized spacial score (nSPS) is 16.4. The standard InChI is InChI=1S/C24H28N4O3/c29-22(16-25-20-12-5-6-13-21(20)28-15-7-14-23(28)30)27-19-11-4-3-10-18(19)24(31)26-17-8-1-2-9-17/h3-6,10-13,17,25H,1-2,7-9,14-16H2,(H,26,31)(H,27,29). The molecule has 4 rings (SSSR count). The first-order valence-corrected chi connectivity index (χ1v) is 10.9. The topological polar surface area (TPSA) is 90.5 Å².